The predicted molar refractivity (Wildman–Crippen MR) is 120 cm³/mol. The van der Waals surface area contributed by atoms with Crippen molar-refractivity contribution in [1.82, 2.24) is 21.3 Å². The highest BCUT2D eigenvalue weighted by Gasteiger charge is 2.42. The van der Waals surface area contributed by atoms with Crippen molar-refractivity contribution in [1.29, 1.82) is 0 Å². The minimum Gasteiger partial charge on any atom is -0.377 e. The van der Waals surface area contributed by atoms with Gasteiger partial charge in [0.1, 0.15) is 0 Å². The number of carbonyl (C=O) groups is 3. The van der Waals surface area contributed by atoms with Gasteiger partial charge < -0.3 is 30.7 Å². The molecule has 2 fully saturated rings. The molecule has 0 aromatic carbocycles. The van der Waals surface area contributed by atoms with Crippen LogP contribution < -0.4 is 21.3 Å². The Morgan fingerprint density at radius 2 is 1.67 bits per heavy atom. The fraction of sp³-hybridized carbons (Fsp3) is 0.842. The van der Waals surface area contributed by atoms with Gasteiger partial charge in [-0.2, -0.15) is 24.4 Å². The molecule has 4 N–H and O–H groups in total. The van der Waals surface area contributed by atoms with Crippen molar-refractivity contribution in [2.75, 3.05) is 51.0 Å². The molecule has 9 nitrogen and oxygen atoms in total. The molecule has 0 aliphatic carbocycles. The normalized spacial score (nSPS) is 22.3. The van der Waals surface area contributed by atoms with Crippen molar-refractivity contribution in [3.05, 3.63) is 0 Å². The molecule has 2 saturated heterocycles. The van der Waals surface area contributed by atoms with Crippen LogP contribution in [-0.2, 0) is 19.1 Å². The number of nitrogens with one attached hydrogen (secondary N) is 4. The molecule has 3 atom stereocenters. The molecule has 172 valence electrons. The van der Waals surface area contributed by atoms with E-state index < -0.39 is 0 Å². The summed E-state index contributed by atoms with van der Waals surface area (Å²) in [4.78, 5) is 34.4. The molecule has 11 heteroatoms. The van der Waals surface area contributed by atoms with Crippen molar-refractivity contribution in [2.45, 2.75) is 49.4 Å². The number of thioether (sulfide) groups is 1. The minimum atomic E-state index is -0.0585. The first-order valence-electron chi connectivity index (χ1n) is 10.6. The standard InChI is InChI=1S/C19H34N4O5S2/c24-16(4-2-1-3-15-18-14(13-30-15)22-19(26)23-18)20-6-8-27-10-11-28-9-7-21-17(25)5-12-29/h14-15,18,29H,1-13H2,(H,20,24)(H,21,25)(H2,22,23,26). The molecule has 0 aromatic heterocycles. The van der Waals surface area contributed by atoms with Gasteiger partial charge in [-0.05, 0) is 18.6 Å². The van der Waals surface area contributed by atoms with E-state index >= 15 is 0 Å². The molecule has 2 rings (SSSR count). The Balaban J connectivity index is 1.34. The smallest absolute Gasteiger partial charge is 0.315 e. The third-order valence-corrected chi connectivity index (χ3v) is 6.66. The lowest BCUT2D eigenvalue weighted by Gasteiger charge is -2.16. The second-order valence-corrected chi connectivity index (χ2v) is 8.99. The molecule has 0 saturated carbocycles. The number of hydrogen-bond acceptors (Lipinski definition) is 7. The first-order valence-corrected chi connectivity index (χ1v) is 12.3. The Kier molecular flexibility index (Phi) is 12.4. The highest BCUT2D eigenvalue weighted by Crippen LogP contribution is 2.33. The summed E-state index contributed by atoms with van der Waals surface area (Å²) in [5.41, 5.74) is 0. The van der Waals surface area contributed by atoms with Crippen molar-refractivity contribution in [2.24, 2.45) is 0 Å². The fourth-order valence-electron chi connectivity index (χ4n) is 3.40. The number of fused-ring (bicyclic) bond motifs is 1. The third-order valence-electron chi connectivity index (χ3n) is 4.93. The molecular formula is C19H34N4O5S2. The number of thiol groups is 1. The van der Waals surface area contributed by atoms with Gasteiger partial charge in [0.15, 0.2) is 0 Å². The zero-order valence-electron chi connectivity index (χ0n) is 17.3. The monoisotopic (exact) mass is 462 g/mol. The van der Waals surface area contributed by atoms with Crippen LogP contribution in [0.3, 0.4) is 0 Å². The first kappa shape index (κ1) is 25.1. The van der Waals surface area contributed by atoms with E-state index in [2.05, 4.69) is 33.9 Å². The van der Waals surface area contributed by atoms with E-state index in [1.807, 2.05) is 11.8 Å². The van der Waals surface area contributed by atoms with Gasteiger partial charge in [-0.15, -0.1) is 0 Å². The van der Waals surface area contributed by atoms with Crippen molar-refractivity contribution < 1.29 is 23.9 Å². The molecule has 0 radical (unpaired) electrons. The molecule has 0 aromatic rings. The van der Waals surface area contributed by atoms with E-state index in [1.165, 1.54) is 0 Å². The van der Waals surface area contributed by atoms with Gasteiger partial charge in [-0.1, -0.05) is 6.42 Å². The maximum Gasteiger partial charge on any atom is 0.315 e. The molecule has 2 heterocycles. The number of rotatable bonds is 16. The van der Waals surface area contributed by atoms with Crippen LogP contribution in [0, 0.1) is 0 Å². The maximum atomic E-state index is 11.9. The topological polar surface area (TPSA) is 118 Å². The Labute approximate surface area is 187 Å². The number of hydrogen-bond donors (Lipinski definition) is 5. The highest BCUT2D eigenvalue weighted by atomic mass is 32.2. The SMILES string of the molecule is O=C(CCS)NCCOCCOCCNC(=O)CCCCC1SCC2NC(=O)NC21. The summed E-state index contributed by atoms with van der Waals surface area (Å²) >= 11 is 5.89. The molecule has 0 bridgehead atoms. The summed E-state index contributed by atoms with van der Waals surface area (Å²) in [7, 11) is 0. The molecule has 30 heavy (non-hydrogen) atoms. The van der Waals surface area contributed by atoms with Crippen LogP contribution in [0.5, 0.6) is 0 Å². The first-order chi connectivity index (χ1) is 14.6. The Bertz CT molecular complexity index is 555. The molecule has 2 aliphatic heterocycles. The summed E-state index contributed by atoms with van der Waals surface area (Å²) in [6.07, 6.45) is 3.77. The van der Waals surface area contributed by atoms with Gasteiger partial charge in [0, 0.05) is 36.9 Å². The van der Waals surface area contributed by atoms with E-state index in [-0.39, 0.29) is 29.9 Å². The minimum absolute atomic E-state index is 0.0220. The number of carbonyl (C=O) groups excluding carboxylic acids is 3. The van der Waals surface area contributed by atoms with E-state index in [1.54, 1.807) is 0 Å². The van der Waals surface area contributed by atoms with Gasteiger partial charge in [0.2, 0.25) is 11.8 Å². The van der Waals surface area contributed by atoms with Crippen molar-refractivity contribution in [3.63, 3.8) is 0 Å². The summed E-state index contributed by atoms with van der Waals surface area (Å²) in [6, 6.07) is 0.427. The maximum absolute atomic E-state index is 11.9. The lowest BCUT2D eigenvalue weighted by atomic mass is 10.0. The Hall–Kier alpha value is -1.17. The number of ether oxygens (including phenoxy) is 2. The van der Waals surface area contributed by atoms with Gasteiger partial charge in [0.25, 0.3) is 0 Å². The van der Waals surface area contributed by atoms with Gasteiger partial charge in [0.05, 0.1) is 38.5 Å². The van der Waals surface area contributed by atoms with Crippen molar-refractivity contribution in [3.8, 4) is 0 Å². The quantitative estimate of drug-likeness (QED) is 0.128. The average molecular weight is 463 g/mol. The average Bonchev–Trinajstić information content (AvgIpc) is 3.26. The van der Waals surface area contributed by atoms with E-state index in [9.17, 15) is 14.4 Å². The van der Waals surface area contributed by atoms with Crippen LogP contribution in [0.25, 0.3) is 0 Å². The lowest BCUT2D eigenvalue weighted by molar-refractivity contribution is -0.122. The van der Waals surface area contributed by atoms with E-state index in [0.29, 0.717) is 63.4 Å². The molecule has 0 spiro atoms. The largest absolute Gasteiger partial charge is 0.377 e. The summed E-state index contributed by atoms with van der Waals surface area (Å²) in [6.45, 7) is 2.76. The van der Waals surface area contributed by atoms with Crippen LogP contribution in [0.1, 0.15) is 32.1 Å². The fourth-order valence-corrected chi connectivity index (χ4v) is 5.15. The van der Waals surface area contributed by atoms with Crippen LogP contribution in [-0.4, -0.2) is 86.2 Å². The zero-order chi connectivity index (χ0) is 21.6. The van der Waals surface area contributed by atoms with Crippen molar-refractivity contribution >= 4 is 42.2 Å². The van der Waals surface area contributed by atoms with Crippen LogP contribution in [0.15, 0.2) is 0 Å². The van der Waals surface area contributed by atoms with Crippen LogP contribution in [0.4, 0.5) is 4.79 Å². The zero-order valence-corrected chi connectivity index (χ0v) is 19.0. The lowest BCUT2D eigenvalue weighted by Crippen LogP contribution is -2.36. The van der Waals surface area contributed by atoms with Gasteiger partial charge in [-0.25, -0.2) is 4.79 Å². The number of amides is 4. The van der Waals surface area contributed by atoms with E-state index in [4.69, 9.17) is 9.47 Å². The molecular weight excluding hydrogens is 428 g/mol. The second-order valence-electron chi connectivity index (χ2n) is 7.27. The highest BCUT2D eigenvalue weighted by molar-refractivity contribution is 8.00. The van der Waals surface area contributed by atoms with E-state index in [0.717, 1.165) is 25.0 Å². The Morgan fingerprint density at radius 1 is 1.00 bits per heavy atom. The number of urea groups is 1. The Morgan fingerprint density at radius 3 is 2.33 bits per heavy atom. The summed E-state index contributed by atoms with van der Waals surface area (Å²) in [5.74, 6) is 1.52. The summed E-state index contributed by atoms with van der Waals surface area (Å²) < 4.78 is 10.8. The van der Waals surface area contributed by atoms with Crippen LogP contribution >= 0.6 is 24.4 Å². The van der Waals surface area contributed by atoms with Gasteiger partial charge in [-0.3, -0.25) is 9.59 Å². The number of unbranched alkanes of at least 4 members (excludes halogenated alkanes) is 1. The molecule has 4 amide bonds. The summed E-state index contributed by atoms with van der Waals surface area (Å²) in [5, 5.41) is 12.0. The van der Waals surface area contributed by atoms with Gasteiger partial charge >= 0.3 is 6.03 Å². The second kappa shape index (κ2) is 14.8. The molecule has 3 unspecified atom stereocenters. The predicted octanol–water partition coefficient (Wildman–Crippen LogP) is 0.298. The molecule has 2 aliphatic rings. The third kappa shape index (κ3) is 9.76. The van der Waals surface area contributed by atoms with Crippen LogP contribution in [0.2, 0.25) is 0 Å².